The Labute approximate surface area is 94.2 Å². The zero-order chi connectivity index (χ0) is 12.4. The van der Waals surface area contributed by atoms with Gasteiger partial charge in [-0.15, -0.1) is 0 Å². The summed E-state index contributed by atoms with van der Waals surface area (Å²) in [6.45, 7) is 1.94. The van der Waals surface area contributed by atoms with Crippen molar-refractivity contribution in [2.75, 3.05) is 24.8 Å². The van der Waals surface area contributed by atoms with Crippen molar-refractivity contribution in [3.63, 3.8) is 0 Å². The van der Waals surface area contributed by atoms with Gasteiger partial charge in [0.25, 0.3) is 0 Å². The number of rotatable bonds is 4. The summed E-state index contributed by atoms with van der Waals surface area (Å²) in [5, 5.41) is 0. The number of sulfonamides is 1. The first-order chi connectivity index (χ1) is 7.22. The van der Waals surface area contributed by atoms with Crippen molar-refractivity contribution >= 4 is 17.3 Å². The summed E-state index contributed by atoms with van der Waals surface area (Å²) >= 11 is 0. The van der Waals surface area contributed by atoms with Gasteiger partial charge in [0.15, 0.2) is 0 Å². The molecule has 98 valence electrons. The fourth-order valence-electron chi connectivity index (χ4n) is 2.11. The predicted molar refractivity (Wildman–Crippen MR) is 60.8 cm³/mol. The van der Waals surface area contributed by atoms with Crippen molar-refractivity contribution in [3.8, 4) is 0 Å². The van der Waals surface area contributed by atoms with Crippen LogP contribution in [0.2, 0.25) is 0 Å². The molecule has 0 atom stereocenters. The maximum atomic E-state index is 12.1. The van der Waals surface area contributed by atoms with Crippen molar-refractivity contribution in [1.29, 1.82) is 0 Å². The predicted octanol–water partition coefficient (Wildman–Crippen LogP) is 1.95. The van der Waals surface area contributed by atoms with E-state index >= 15 is 0 Å². The molecule has 0 aliphatic carbocycles. The van der Waals surface area contributed by atoms with Gasteiger partial charge in [0.05, 0.1) is 0 Å². The topological polar surface area (TPSA) is 46.2 Å². The Kier molecular flexibility index (Phi) is 4.24. The van der Waals surface area contributed by atoms with Gasteiger partial charge in [0, 0.05) is 0 Å². The van der Waals surface area contributed by atoms with Crippen LogP contribution in [0.3, 0.4) is 0 Å². The average molecular weight is 279 g/mol. The van der Waals surface area contributed by atoms with Gasteiger partial charge in [-0.05, 0) is 0 Å². The van der Waals surface area contributed by atoms with Crippen LogP contribution < -0.4 is 4.72 Å². The molecule has 0 saturated carbocycles. The van der Waals surface area contributed by atoms with Gasteiger partial charge in [0.2, 0.25) is 0 Å². The fraction of sp³-hybridized carbons (Fsp3) is 1.00. The molecule has 0 aromatic heterocycles. The third-order valence-electron chi connectivity index (χ3n) is 3.36. The van der Waals surface area contributed by atoms with E-state index in [-0.39, 0.29) is 6.29 Å². The molecule has 1 heterocycles. The van der Waals surface area contributed by atoms with Crippen LogP contribution in [-0.2, 0) is 10.0 Å². The van der Waals surface area contributed by atoms with E-state index in [0.717, 1.165) is 31.3 Å². The van der Waals surface area contributed by atoms with Gasteiger partial charge >= 0.3 is 93.6 Å². The van der Waals surface area contributed by atoms with Gasteiger partial charge in [-0.3, -0.25) is 0 Å². The van der Waals surface area contributed by atoms with E-state index < -0.39 is 22.8 Å². The van der Waals surface area contributed by atoms with Gasteiger partial charge in [0.1, 0.15) is 0 Å². The van der Waals surface area contributed by atoms with Crippen LogP contribution in [0.25, 0.3) is 0 Å². The van der Waals surface area contributed by atoms with Crippen LogP contribution in [0.1, 0.15) is 19.8 Å². The molecule has 0 aromatic rings. The summed E-state index contributed by atoms with van der Waals surface area (Å²) in [6, 6.07) is 0. The van der Waals surface area contributed by atoms with E-state index in [0.29, 0.717) is 0 Å². The Bertz CT molecular complexity index is 336. The first-order valence-corrected chi connectivity index (χ1v) is 9.59. The van der Waals surface area contributed by atoms with E-state index in [9.17, 15) is 21.6 Å². The number of hydrogen-bond acceptors (Lipinski definition) is 2. The minimum atomic E-state index is -5.19. The Morgan fingerprint density at radius 1 is 1.25 bits per heavy atom. The molecule has 16 heavy (non-hydrogen) atoms. The molecule has 1 N–H and O–H groups in total. The van der Waals surface area contributed by atoms with Crippen LogP contribution in [-0.4, -0.2) is 38.7 Å². The summed E-state index contributed by atoms with van der Waals surface area (Å²) in [7, 11) is -6.93. The van der Waals surface area contributed by atoms with Crippen molar-refractivity contribution < 1.29 is 21.6 Å². The van der Waals surface area contributed by atoms with E-state index in [1.807, 2.05) is 6.92 Å². The van der Waals surface area contributed by atoms with Gasteiger partial charge in [-0.25, -0.2) is 0 Å². The third-order valence-corrected chi connectivity index (χ3v) is 10.0. The normalized spacial score (nSPS) is 23.2. The second kappa shape index (κ2) is 4.78. The van der Waals surface area contributed by atoms with E-state index in [4.69, 9.17) is 0 Å². The molecule has 0 aromatic carbocycles. The molecule has 1 fully saturated rings. The summed E-state index contributed by atoms with van der Waals surface area (Å²) in [4.78, 5) is 0. The van der Waals surface area contributed by atoms with E-state index in [1.165, 1.54) is 0 Å². The summed E-state index contributed by atoms with van der Waals surface area (Å²) in [5.74, 6) is 0. The Morgan fingerprint density at radius 3 is 2.12 bits per heavy atom. The second-order valence-corrected chi connectivity index (χ2v) is 11.2. The molecule has 0 radical (unpaired) electrons. The molecule has 1 rings (SSSR count). The maximum absolute atomic E-state index is 12.1. The van der Waals surface area contributed by atoms with Crippen LogP contribution in [0, 0.1) is 0 Å². The molecule has 0 spiro atoms. The first kappa shape index (κ1) is 14.2. The molecule has 0 bridgehead atoms. The Morgan fingerprint density at radius 2 is 1.75 bits per heavy atom. The number of nitrogens with one attached hydrogen (secondary N) is 1. The number of alkyl halides is 3. The standard InChI is InChI=1S/C8H17F3NO2PS/c1-2-15(5-3-4-6-15)7-12-16(13,14)8(9,10)11/h12,15H,2-7H2,1H3. The first-order valence-electron chi connectivity index (χ1n) is 5.28. The SMILES string of the molecule is CC[PH]1(CNS(=O)(=O)C(F)(F)F)CCCC1. The molecule has 3 nitrogen and oxygen atoms in total. The molecular formula is C8H17F3NO2PS. The molecule has 1 aliphatic heterocycles. The molecular weight excluding hydrogens is 262 g/mol. The van der Waals surface area contributed by atoms with Gasteiger partial charge in [-0.1, -0.05) is 0 Å². The summed E-state index contributed by atoms with van der Waals surface area (Å²) < 4.78 is 59.8. The van der Waals surface area contributed by atoms with Crippen LogP contribution in [0.4, 0.5) is 13.2 Å². The zero-order valence-corrected chi connectivity index (χ0v) is 10.9. The molecule has 0 amide bonds. The Hall–Kier alpha value is 0.130. The average Bonchev–Trinajstić information content (AvgIpc) is 2.62. The second-order valence-electron chi connectivity index (χ2n) is 4.33. The zero-order valence-electron chi connectivity index (χ0n) is 9.10. The fourth-order valence-corrected chi connectivity index (χ4v) is 7.82. The molecule has 1 aliphatic rings. The quantitative estimate of drug-likeness (QED) is 0.799. The summed E-state index contributed by atoms with van der Waals surface area (Å²) in [6.07, 6.45) is 4.79. The van der Waals surface area contributed by atoms with Crippen molar-refractivity contribution in [1.82, 2.24) is 4.72 Å². The van der Waals surface area contributed by atoms with Crippen molar-refractivity contribution in [3.05, 3.63) is 0 Å². The van der Waals surface area contributed by atoms with Crippen molar-refractivity contribution in [2.24, 2.45) is 0 Å². The van der Waals surface area contributed by atoms with Gasteiger partial charge < -0.3 is 0 Å². The van der Waals surface area contributed by atoms with Gasteiger partial charge in [-0.2, -0.15) is 0 Å². The van der Waals surface area contributed by atoms with Crippen molar-refractivity contribution in [2.45, 2.75) is 25.3 Å². The van der Waals surface area contributed by atoms with Crippen LogP contribution >= 0.6 is 7.26 Å². The van der Waals surface area contributed by atoms with E-state index in [1.54, 1.807) is 4.72 Å². The van der Waals surface area contributed by atoms with Crippen LogP contribution in [0.5, 0.6) is 0 Å². The number of hydrogen-bond donors (Lipinski definition) is 1. The monoisotopic (exact) mass is 279 g/mol. The number of halogens is 3. The van der Waals surface area contributed by atoms with E-state index in [2.05, 4.69) is 0 Å². The van der Waals surface area contributed by atoms with Crippen LogP contribution in [0.15, 0.2) is 0 Å². The Balaban J connectivity index is 2.64. The molecule has 1 saturated heterocycles. The third kappa shape index (κ3) is 3.08. The molecule has 8 heteroatoms. The minimum absolute atomic E-state index is 0.0331. The molecule has 0 unspecified atom stereocenters. The summed E-state index contributed by atoms with van der Waals surface area (Å²) in [5.41, 5.74) is -5.19.